The van der Waals surface area contributed by atoms with Gasteiger partial charge >= 0.3 is 23.9 Å². The lowest BCUT2D eigenvalue weighted by Gasteiger charge is -2.40. The fourth-order valence-electron chi connectivity index (χ4n) is 4.34. The summed E-state index contributed by atoms with van der Waals surface area (Å²) in [6, 6.07) is 1.75. The van der Waals surface area contributed by atoms with Gasteiger partial charge in [-0.1, -0.05) is 0 Å². The van der Waals surface area contributed by atoms with E-state index in [4.69, 9.17) is 14.2 Å². The van der Waals surface area contributed by atoms with Crippen LogP contribution in [-0.2, 0) is 23.8 Å². The summed E-state index contributed by atoms with van der Waals surface area (Å²) in [5.41, 5.74) is 0.920. The van der Waals surface area contributed by atoms with Crippen LogP contribution in [0.4, 0.5) is 10.5 Å². The minimum Gasteiger partial charge on any atom is -0.444 e. The van der Waals surface area contributed by atoms with Crippen LogP contribution in [0.5, 0.6) is 0 Å². The van der Waals surface area contributed by atoms with Crippen molar-refractivity contribution in [2.24, 2.45) is 0 Å². The Kier molecular flexibility index (Phi) is 7.27. The number of hydrogen-bond acceptors (Lipinski definition) is 10. The second-order valence-corrected chi connectivity index (χ2v) is 9.83. The van der Waals surface area contributed by atoms with E-state index in [1.54, 1.807) is 22.2 Å². The molecule has 35 heavy (non-hydrogen) atoms. The van der Waals surface area contributed by atoms with E-state index in [1.165, 1.54) is 0 Å². The number of hydrogen-bond donors (Lipinski definition) is 2. The van der Waals surface area contributed by atoms with Crippen LogP contribution in [0.3, 0.4) is 0 Å². The summed E-state index contributed by atoms with van der Waals surface area (Å²) in [7, 11) is 0. The van der Waals surface area contributed by atoms with E-state index in [0.29, 0.717) is 31.9 Å². The second kappa shape index (κ2) is 10.2. The maximum Gasteiger partial charge on any atom is 0.410 e. The number of nitrogens with zero attached hydrogens (tertiary/aromatic N) is 3. The van der Waals surface area contributed by atoms with Gasteiger partial charge in [0, 0.05) is 38.0 Å². The summed E-state index contributed by atoms with van der Waals surface area (Å²) in [4.78, 5) is 45.2. The lowest BCUT2D eigenvalue weighted by molar-refractivity contribution is -0.217. The Morgan fingerprint density at radius 2 is 1.83 bits per heavy atom. The molecule has 1 amide bonds. The van der Waals surface area contributed by atoms with Gasteiger partial charge in [0.25, 0.3) is 0 Å². The van der Waals surface area contributed by atoms with E-state index < -0.39 is 23.5 Å². The zero-order valence-electron chi connectivity index (χ0n) is 20.4. The van der Waals surface area contributed by atoms with Crippen LogP contribution in [0, 0.1) is 0 Å². The molecule has 0 aliphatic carbocycles. The molecule has 2 saturated heterocycles. The predicted molar refractivity (Wildman–Crippen MR) is 126 cm³/mol. The van der Waals surface area contributed by atoms with E-state index in [9.17, 15) is 14.4 Å². The van der Waals surface area contributed by atoms with Gasteiger partial charge in [0.2, 0.25) is 0 Å². The van der Waals surface area contributed by atoms with Gasteiger partial charge in [0.1, 0.15) is 5.60 Å². The third kappa shape index (κ3) is 6.09. The van der Waals surface area contributed by atoms with E-state index in [-0.39, 0.29) is 18.7 Å². The molecule has 2 fully saturated rings. The first-order valence-corrected chi connectivity index (χ1v) is 11.9. The Labute approximate surface area is 204 Å². The Balaban J connectivity index is 1.61. The largest absolute Gasteiger partial charge is 0.444 e. The highest BCUT2D eigenvalue weighted by Gasteiger charge is 2.47. The minimum absolute atomic E-state index is 0.116. The summed E-state index contributed by atoms with van der Waals surface area (Å²) in [5, 5.41) is 6.67. The number of carbonyl (C=O) groups excluding carboxylic acids is 3. The van der Waals surface area contributed by atoms with Crippen molar-refractivity contribution in [3.05, 3.63) is 36.2 Å². The van der Waals surface area contributed by atoms with Crippen LogP contribution in [0.2, 0.25) is 0 Å². The second-order valence-electron chi connectivity index (χ2n) is 9.83. The highest BCUT2D eigenvalue weighted by Crippen LogP contribution is 2.31. The fraction of sp³-hybridized carbons (Fsp3) is 0.583. The molecule has 1 aromatic rings. The van der Waals surface area contributed by atoms with Crippen molar-refractivity contribution in [2.75, 3.05) is 44.2 Å². The Morgan fingerprint density at radius 1 is 1.11 bits per heavy atom. The molecule has 2 N–H and O–H groups in total. The van der Waals surface area contributed by atoms with Crippen molar-refractivity contribution < 1.29 is 28.6 Å². The molecule has 1 atom stereocenters. The first-order chi connectivity index (χ1) is 16.7. The Hall–Kier alpha value is -3.18. The predicted octanol–water partition coefficient (Wildman–Crippen LogP) is 1.46. The molecule has 0 bridgehead atoms. The standard InChI is InChI=1S/C24H33N5O6/c1-23(2,3)35-22(32)28-10-5-9-27-19(15-28)17-12-18(14-26-13-17)29-11-4-8-25-16-24(29)33-20(30)6-7-21(31)34-24/h6-7,12-14,19,25,27H,4-5,8-11,15-16H2,1-3H3. The molecule has 11 heteroatoms. The molecule has 3 aliphatic rings. The van der Waals surface area contributed by atoms with E-state index in [0.717, 1.165) is 37.1 Å². The monoisotopic (exact) mass is 487 g/mol. The number of pyridine rings is 1. The lowest BCUT2D eigenvalue weighted by atomic mass is 10.1. The minimum atomic E-state index is -1.63. The van der Waals surface area contributed by atoms with Gasteiger partial charge in [-0.25, -0.2) is 14.4 Å². The third-order valence-electron chi connectivity index (χ3n) is 5.88. The van der Waals surface area contributed by atoms with Crippen LogP contribution < -0.4 is 15.5 Å². The molecular weight excluding hydrogens is 454 g/mol. The molecule has 0 saturated carbocycles. The third-order valence-corrected chi connectivity index (χ3v) is 5.88. The first kappa shape index (κ1) is 24.9. The number of esters is 2. The average Bonchev–Trinajstić information content (AvgIpc) is 3.21. The van der Waals surface area contributed by atoms with Crippen molar-refractivity contribution in [1.82, 2.24) is 20.5 Å². The van der Waals surface area contributed by atoms with Crippen molar-refractivity contribution >= 4 is 23.7 Å². The van der Waals surface area contributed by atoms with Gasteiger partial charge < -0.3 is 29.7 Å². The quantitative estimate of drug-likeness (QED) is 0.593. The summed E-state index contributed by atoms with van der Waals surface area (Å²) >= 11 is 0. The number of nitrogens with one attached hydrogen (secondary N) is 2. The molecule has 1 aromatic heterocycles. The lowest BCUT2D eigenvalue weighted by Crippen LogP contribution is -2.58. The topological polar surface area (TPSA) is 122 Å². The van der Waals surface area contributed by atoms with Crippen molar-refractivity contribution in [2.45, 2.75) is 51.2 Å². The van der Waals surface area contributed by atoms with E-state index >= 15 is 0 Å². The molecule has 4 heterocycles. The SMILES string of the molecule is CC(C)(C)OC(=O)N1CCCNC(c2cncc(N3CCCNCC34OC(=O)C=CC(=O)O4)c2)C1. The molecule has 11 nitrogen and oxygen atoms in total. The van der Waals surface area contributed by atoms with Crippen molar-refractivity contribution in [3.8, 4) is 0 Å². The van der Waals surface area contributed by atoms with Gasteiger partial charge in [-0.05, 0) is 58.3 Å². The van der Waals surface area contributed by atoms with Gasteiger partial charge in [0.15, 0.2) is 0 Å². The molecular formula is C24H33N5O6. The smallest absolute Gasteiger partial charge is 0.410 e. The van der Waals surface area contributed by atoms with Gasteiger partial charge in [-0.15, -0.1) is 0 Å². The van der Waals surface area contributed by atoms with Gasteiger partial charge in [-0.2, -0.15) is 0 Å². The Morgan fingerprint density at radius 3 is 2.54 bits per heavy atom. The summed E-state index contributed by atoms with van der Waals surface area (Å²) in [5.74, 6) is -2.95. The number of carbonyl (C=O) groups is 3. The van der Waals surface area contributed by atoms with Crippen molar-refractivity contribution in [3.63, 3.8) is 0 Å². The fourth-order valence-corrected chi connectivity index (χ4v) is 4.34. The highest BCUT2D eigenvalue weighted by molar-refractivity contribution is 5.93. The highest BCUT2D eigenvalue weighted by atomic mass is 16.8. The maximum absolute atomic E-state index is 12.7. The van der Waals surface area contributed by atoms with E-state index in [1.807, 2.05) is 26.8 Å². The average molecular weight is 488 g/mol. The number of aromatic nitrogens is 1. The zero-order valence-corrected chi connectivity index (χ0v) is 20.4. The number of rotatable bonds is 2. The van der Waals surface area contributed by atoms with Crippen LogP contribution >= 0.6 is 0 Å². The van der Waals surface area contributed by atoms with E-state index in [2.05, 4.69) is 15.6 Å². The number of anilines is 1. The number of ether oxygens (including phenoxy) is 3. The van der Waals surface area contributed by atoms with Crippen molar-refractivity contribution in [1.29, 1.82) is 0 Å². The van der Waals surface area contributed by atoms with Crippen LogP contribution in [0.25, 0.3) is 0 Å². The molecule has 0 aromatic carbocycles. The first-order valence-electron chi connectivity index (χ1n) is 11.9. The molecule has 1 spiro atoms. The molecule has 0 radical (unpaired) electrons. The van der Waals surface area contributed by atoms with Gasteiger partial charge in [-0.3, -0.25) is 9.88 Å². The van der Waals surface area contributed by atoms with Crippen LogP contribution in [0.1, 0.15) is 45.2 Å². The molecule has 4 rings (SSSR count). The van der Waals surface area contributed by atoms with Crippen LogP contribution in [0.15, 0.2) is 30.6 Å². The maximum atomic E-state index is 12.7. The molecule has 3 aliphatic heterocycles. The normalized spacial score (nSPS) is 23.1. The molecule has 1 unspecified atom stereocenters. The Bertz CT molecular complexity index is 971. The number of amides is 1. The summed E-state index contributed by atoms with van der Waals surface area (Å²) < 4.78 is 16.9. The summed E-state index contributed by atoms with van der Waals surface area (Å²) in [6.07, 6.45) is 6.71. The zero-order chi connectivity index (χ0) is 25.1. The summed E-state index contributed by atoms with van der Waals surface area (Å²) in [6.45, 7) is 8.54. The van der Waals surface area contributed by atoms with Crippen LogP contribution in [-0.4, -0.2) is 78.7 Å². The molecule has 190 valence electrons. The van der Waals surface area contributed by atoms with Gasteiger partial charge in [0.05, 0.1) is 24.5 Å².